The van der Waals surface area contributed by atoms with Gasteiger partial charge in [0, 0.05) is 18.7 Å². The summed E-state index contributed by atoms with van der Waals surface area (Å²) in [6.45, 7) is 3.23. The fourth-order valence-electron chi connectivity index (χ4n) is 2.95. The standard InChI is InChI=1S/C23H37NO2/c1-2-3-4-5-6-7-8-9-10-11-12-13-20-24-22-17-14-21(15-18-22)16-19-23(25)26/h10-11,14-15,17-18,24H,2-9,12-13,16,19-20H2,1H3,(H,25,26). The molecule has 0 atom stereocenters. The van der Waals surface area contributed by atoms with Crippen molar-refractivity contribution in [3.63, 3.8) is 0 Å². The van der Waals surface area contributed by atoms with Crippen LogP contribution in [0.2, 0.25) is 0 Å². The Morgan fingerprint density at radius 1 is 0.923 bits per heavy atom. The molecule has 0 fully saturated rings. The zero-order valence-electron chi connectivity index (χ0n) is 16.5. The fourth-order valence-corrected chi connectivity index (χ4v) is 2.95. The molecule has 1 aromatic rings. The van der Waals surface area contributed by atoms with Crippen molar-refractivity contribution in [1.82, 2.24) is 0 Å². The molecule has 1 aromatic carbocycles. The predicted molar refractivity (Wildman–Crippen MR) is 112 cm³/mol. The molecule has 1 rings (SSSR count). The molecule has 2 N–H and O–H groups in total. The summed E-state index contributed by atoms with van der Waals surface area (Å²) in [5.74, 6) is -0.743. The van der Waals surface area contributed by atoms with Crippen LogP contribution in [-0.2, 0) is 11.2 Å². The summed E-state index contributed by atoms with van der Waals surface area (Å²) in [6.07, 6.45) is 18.5. The number of unbranched alkanes of at least 4 members (excludes halogenated alkanes) is 8. The molecule has 0 spiro atoms. The van der Waals surface area contributed by atoms with E-state index in [1.54, 1.807) is 0 Å². The van der Waals surface area contributed by atoms with Crippen LogP contribution in [0.25, 0.3) is 0 Å². The molecule has 26 heavy (non-hydrogen) atoms. The number of rotatable bonds is 16. The number of hydrogen-bond donors (Lipinski definition) is 2. The number of hydrogen-bond acceptors (Lipinski definition) is 2. The van der Waals surface area contributed by atoms with Crippen LogP contribution in [-0.4, -0.2) is 17.6 Å². The van der Waals surface area contributed by atoms with E-state index in [1.165, 1.54) is 51.4 Å². The quantitative estimate of drug-likeness (QED) is 0.258. The molecule has 0 saturated carbocycles. The average molecular weight is 360 g/mol. The largest absolute Gasteiger partial charge is 0.481 e. The van der Waals surface area contributed by atoms with Gasteiger partial charge in [0.05, 0.1) is 0 Å². The van der Waals surface area contributed by atoms with Gasteiger partial charge in [0.15, 0.2) is 0 Å². The van der Waals surface area contributed by atoms with Gasteiger partial charge in [-0.2, -0.15) is 0 Å². The van der Waals surface area contributed by atoms with Crippen molar-refractivity contribution < 1.29 is 9.90 Å². The first kappa shape index (κ1) is 22.3. The monoisotopic (exact) mass is 359 g/mol. The van der Waals surface area contributed by atoms with Crippen LogP contribution in [0.15, 0.2) is 36.4 Å². The third kappa shape index (κ3) is 12.6. The number of carbonyl (C=O) groups is 1. The third-order valence-corrected chi connectivity index (χ3v) is 4.60. The number of allylic oxidation sites excluding steroid dienone is 2. The summed E-state index contributed by atoms with van der Waals surface area (Å²) < 4.78 is 0. The van der Waals surface area contributed by atoms with Crippen LogP contribution in [0.5, 0.6) is 0 Å². The molecule has 0 saturated heterocycles. The molecule has 0 aliphatic rings. The highest BCUT2D eigenvalue weighted by Gasteiger charge is 1.99. The Labute approximate surface area is 159 Å². The van der Waals surface area contributed by atoms with Crippen molar-refractivity contribution in [1.29, 1.82) is 0 Å². The van der Waals surface area contributed by atoms with E-state index in [0.29, 0.717) is 6.42 Å². The normalized spacial score (nSPS) is 11.1. The van der Waals surface area contributed by atoms with E-state index >= 15 is 0 Å². The van der Waals surface area contributed by atoms with Gasteiger partial charge in [-0.1, -0.05) is 69.7 Å². The number of carboxylic acids is 1. The Hall–Kier alpha value is -1.77. The van der Waals surface area contributed by atoms with Gasteiger partial charge in [0.25, 0.3) is 0 Å². The zero-order valence-corrected chi connectivity index (χ0v) is 16.5. The van der Waals surface area contributed by atoms with Crippen molar-refractivity contribution in [3.05, 3.63) is 42.0 Å². The first-order valence-electron chi connectivity index (χ1n) is 10.4. The lowest BCUT2D eigenvalue weighted by Crippen LogP contribution is -2.01. The molecule has 3 heteroatoms. The minimum atomic E-state index is -0.743. The Balaban J connectivity index is 1.97. The molecule has 0 aliphatic carbocycles. The second-order valence-corrected chi connectivity index (χ2v) is 7.04. The first-order chi connectivity index (χ1) is 12.7. The van der Waals surface area contributed by atoms with Crippen molar-refractivity contribution in [3.8, 4) is 0 Å². The molecule has 146 valence electrons. The molecule has 0 aromatic heterocycles. The molecule has 0 amide bonds. The Kier molecular flexibility index (Phi) is 13.3. The summed E-state index contributed by atoms with van der Waals surface area (Å²) >= 11 is 0. The van der Waals surface area contributed by atoms with E-state index in [4.69, 9.17) is 5.11 Å². The van der Waals surface area contributed by atoms with Gasteiger partial charge in [-0.3, -0.25) is 4.79 Å². The predicted octanol–water partition coefficient (Wildman–Crippen LogP) is 6.59. The number of anilines is 1. The summed E-state index contributed by atoms with van der Waals surface area (Å²) in [5.41, 5.74) is 2.18. The minimum absolute atomic E-state index is 0.192. The average Bonchev–Trinajstić information content (AvgIpc) is 2.64. The summed E-state index contributed by atoms with van der Waals surface area (Å²) in [4.78, 5) is 10.6. The van der Waals surface area contributed by atoms with Crippen LogP contribution in [0, 0.1) is 0 Å². The highest BCUT2D eigenvalue weighted by Crippen LogP contribution is 2.12. The summed E-state index contributed by atoms with van der Waals surface area (Å²) in [7, 11) is 0. The Morgan fingerprint density at radius 3 is 2.19 bits per heavy atom. The van der Waals surface area contributed by atoms with Crippen LogP contribution >= 0.6 is 0 Å². The van der Waals surface area contributed by atoms with Gasteiger partial charge in [-0.15, -0.1) is 0 Å². The number of aryl methyl sites for hydroxylation is 1. The van der Waals surface area contributed by atoms with Crippen molar-refractivity contribution in [2.24, 2.45) is 0 Å². The van der Waals surface area contributed by atoms with Crippen molar-refractivity contribution in [2.75, 3.05) is 11.9 Å². The first-order valence-corrected chi connectivity index (χ1v) is 10.4. The summed E-state index contributed by atoms with van der Waals surface area (Å²) in [6, 6.07) is 8.09. The van der Waals surface area contributed by atoms with Gasteiger partial charge in [-0.05, 0) is 49.8 Å². The lowest BCUT2D eigenvalue weighted by atomic mass is 10.1. The second kappa shape index (κ2) is 15.5. The van der Waals surface area contributed by atoms with Gasteiger partial charge in [-0.25, -0.2) is 0 Å². The third-order valence-electron chi connectivity index (χ3n) is 4.60. The second-order valence-electron chi connectivity index (χ2n) is 7.04. The minimum Gasteiger partial charge on any atom is -0.481 e. The van der Waals surface area contributed by atoms with Gasteiger partial charge < -0.3 is 10.4 Å². The molecule has 0 unspecified atom stereocenters. The number of aliphatic carboxylic acids is 1. The van der Waals surface area contributed by atoms with Crippen LogP contribution in [0.4, 0.5) is 5.69 Å². The number of carboxylic acid groups (broad SMARTS) is 1. The van der Waals surface area contributed by atoms with E-state index in [-0.39, 0.29) is 6.42 Å². The maximum absolute atomic E-state index is 10.6. The molecule has 3 nitrogen and oxygen atoms in total. The van der Waals surface area contributed by atoms with Crippen LogP contribution < -0.4 is 5.32 Å². The number of nitrogens with one attached hydrogen (secondary N) is 1. The highest BCUT2D eigenvalue weighted by atomic mass is 16.4. The van der Waals surface area contributed by atoms with Crippen LogP contribution in [0.3, 0.4) is 0 Å². The molecule has 0 aliphatic heterocycles. The lowest BCUT2D eigenvalue weighted by Gasteiger charge is -2.06. The lowest BCUT2D eigenvalue weighted by molar-refractivity contribution is -0.136. The summed E-state index contributed by atoms with van der Waals surface area (Å²) in [5, 5.41) is 12.1. The maximum Gasteiger partial charge on any atom is 0.303 e. The van der Waals surface area contributed by atoms with Gasteiger partial charge in [0.2, 0.25) is 0 Å². The molecular weight excluding hydrogens is 322 g/mol. The van der Waals surface area contributed by atoms with Gasteiger partial charge in [0.1, 0.15) is 0 Å². The smallest absolute Gasteiger partial charge is 0.303 e. The molecular formula is C23H37NO2. The Morgan fingerprint density at radius 2 is 1.54 bits per heavy atom. The topological polar surface area (TPSA) is 49.3 Å². The van der Waals surface area contributed by atoms with E-state index in [0.717, 1.165) is 30.6 Å². The SMILES string of the molecule is CCCCCCCCCC=CCCCNc1ccc(CCC(=O)O)cc1. The van der Waals surface area contributed by atoms with E-state index < -0.39 is 5.97 Å². The van der Waals surface area contributed by atoms with Crippen molar-refractivity contribution in [2.45, 2.75) is 84.0 Å². The van der Waals surface area contributed by atoms with E-state index in [2.05, 4.69) is 24.4 Å². The molecule has 0 radical (unpaired) electrons. The number of benzene rings is 1. The Bertz CT molecular complexity index is 493. The zero-order chi connectivity index (χ0) is 18.9. The van der Waals surface area contributed by atoms with E-state index in [9.17, 15) is 4.79 Å². The highest BCUT2D eigenvalue weighted by molar-refractivity contribution is 5.67. The van der Waals surface area contributed by atoms with Crippen molar-refractivity contribution >= 4 is 11.7 Å². The molecule has 0 heterocycles. The van der Waals surface area contributed by atoms with E-state index in [1.807, 2.05) is 24.3 Å². The maximum atomic E-state index is 10.6. The fraction of sp³-hybridized carbons (Fsp3) is 0.609. The molecule has 0 bridgehead atoms. The van der Waals surface area contributed by atoms with Gasteiger partial charge >= 0.3 is 5.97 Å². The van der Waals surface area contributed by atoms with Crippen LogP contribution in [0.1, 0.15) is 83.1 Å².